The van der Waals surface area contributed by atoms with Gasteiger partial charge in [0, 0.05) is 0 Å². The van der Waals surface area contributed by atoms with Gasteiger partial charge in [-0.05, 0) is 31.2 Å². The summed E-state index contributed by atoms with van der Waals surface area (Å²) in [6.07, 6.45) is 0. The molecular formula is C16H15N5O. The Morgan fingerprint density at radius 2 is 1.50 bits per heavy atom. The Balaban J connectivity index is 1.85. The number of aryl methyl sites for hydroxylation is 1. The fourth-order valence-electron chi connectivity index (χ4n) is 2.09. The van der Waals surface area contributed by atoms with Gasteiger partial charge in [-0.15, -0.1) is 0 Å². The first-order valence-corrected chi connectivity index (χ1v) is 6.84. The van der Waals surface area contributed by atoms with Crippen LogP contribution in [-0.4, -0.2) is 14.5 Å². The van der Waals surface area contributed by atoms with Crippen LogP contribution in [-0.2, 0) is 0 Å². The lowest BCUT2D eigenvalue weighted by Gasteiger charge is -2.11. The van der Waals surface area contributed by atoms with Crippen molar-refractivity contribution in [3.63, 3.8) is 0 Å². The van der Waals surface area contributed by atoms with E-state index in [1.54, 1.807) is 6.92 Å². The van der Waals surface area contributed by atoms with Crippen LogP contribution in [0, 0.1) is 6.92 Å². The average Bonchev–Trinajstić information content (AvgIpc) is 2.54. The maximum Gasteiger partial charge on any atom is 0.356 e. The van der Waals surface area contributed by atoms with Crippen molar-refractivity contribution >= 4 is 11.6 Å². The third kappa shape index (κ3) is 2.95. The van der Waals surface area contributed by atoms with Gasteiger partial charge in [0.05, 0.1) is 11.4 Å². The van der Waals surface area contributed by atoms with Gasteiger partial charge >= 0.3 is 5.69 Å². The van der Waals surface area contributed by atoms with Crippen LogP contribution in [0.3, 0.4) is 0 Å². The van der Waals surface area contributed by atoms with E-state index in [0.717, 1.165) is 11.4 Å². The van der Waals surface area contributed by atoms with Crippen LogP contribution < -0.4 is 16.5 Å². The van der Waals surface area contributed by atoms with Gasteiger partial charge in [0.1, 0.15) is 5.82 Å². The third-order valence-electron chi connectivity index (χ3n) is 3.09. The minimum Gasteiger partial charge on any atom is -0.298 e. The summed E-state index contributed by atoms with van der Waals surface area (Å²) in [5.74, 6) is 0.794. The number of rotatable bonds is 4. The highest BCUT2D eigenvalue weighted by Crippen LogP contribution is 2.08. The Hall–Kier alpha value is -3.15. The summed E-state index contributed by atoms with van der Waals surface area (Å²) < 4.78 is 1.47. The van der Waals surface area contributed by atoms with Crippen LogP contribution in [0.15, 0.2) is 65.5 Å². The predicted molar refractivity (Wildman–Crippen MR) is 86.1 cm³/mol. The van der Waals surface area contributed by atoms with E-state index >= 15 is 0 Å². The number of benzene rings is 2. The van der Waals surface area contributed by atoms with Gasteiger partial charge in [-0.3, -0.25) is 10.9 Å². The lowest BCUT2D eigenvalue weighted by Crippen LogP contribution is -2.27. The van der Waals surface area contributed by atoms with Crippen LogP contribution in [0.25, 0.3) is 5.69 Å². The third-order valence-corrected chi connectivity index (χ3v) is 3.09. The van der Waals surface area contributed by atoms with Crippen molar-refractivity contribution in [3.05, 3.63) is 77.0 Å². The van der Waals surface area contributed by atoms with Crippen molar-refractivity contribution in [2.45, 2.75) is 6.92 Å². The molecular weight excluding hydrogens is 278 g/mol. The summed E-state index contributed by atoms with van der Waals surface area (Å²) in [6.45, 7) is 1.77. The van der Waals surface area contributed by atoms with Crippen molar-refractivity contribution in [2.24, 2.45) is 0 Å². The van der Waals surface area contributed by atoms with E-state index in [1.165, 1.54) is 4.57 Å². The molecule has 22 heavy (non-hydrogen) atoms. The van der Waals surface area contributed by atoms with Gasteiger partial charge in [0.15, 0.2) is 0 Å². The molecule has 6 heteroatoms. The predicted octanol–water partition coefficient (Wildman–Crippen LogP) is 2.37. The van der Waals surface area contributed by atoms with Crippen LogP contribution in [0.5, 0.6) is 0 Å². The van der Waals surface area contributed by atoms with Gasteiger partial charge in [-0.2, -0.15) is 9.97 Å². The highest BCUT2D eigenvalue weighted by Gasteiger charge is 2.08. The lowest BCUT2D eigenvalue weighted by molar-refractivity contribution is 0.813. The minimum absolute atomic E-state index is 0.235. The number of anilines is 2. The molecule has 0 radical (unpaired) electrons. The molecule has 110 valence electrons. The molecule has 3 aromatic rings. The molecule has 1 heterocycles. The topological polar surface area (TPSA) is 71.8 Å². The van der Waals surface area contributed by atoms with Crippen LogP contribution in [0.4, 0.5) is 11.6 Å². The summed E-state index contributed by atoms with van der Waals surface area (Å²) in [6, 6.07) is 18.8. The molecule has 0 amide bonds. The summed E-state index contributed by atoms with van der Waals surface area (Å²) in [4.78, 5) is 20.5. The standard InChI is InChI=1S/C16H15N5O/c1-12-17-15(20-19-13-8-4-2-5-9-13)18-16(22)21(12)14-10-6-3-7-11-14/h2-11,19H,1H3,(H,18,20,22). The summed E-state index contributed by atoms with van der Waals surface area (Å²) in [5, 5.41) is 0. The van der Waals surface area contributed by atoms with Crippen LogP contribution in [0.1, 0.15) is 5.82 Å². The number of nitrogens with zero attached hydrogens (tertiary/aromatic N) is 3. The lowest BCUT2D eigenvalue weighted by atomic mass is 10.3. The van der Waals surface area contributed by atoms with E-state index in [0.29, 0.717) is 5.82 Å². The maximum atomic E-state index is 12.2. The Morgan fingerprint density at radius 3 is 2.14 bits per heavy atom. The van der Waals surface area contributed by atoms with Crippen molar-refractivity contribution in [2.75, 3.05) is 10.9 Å². The monoisotopic (exact) mass is 293 g/mol. The van der Waals surface area contributed by atoms with Gasteiger partial charge < -0.3 is 0 Å². The molecule has 0 aliphatic carbocycles. The van der Waals surface area contributed by atoms with Gasteiger partial charge in [0.25, 0.3) is 0 Å². The first kappa shape index (κ1) is 13.8. The van der Waals surface area contributed by atoms with Gasteiger partial charge in [-0.1, -0.05) is 36.4 Å². The molecule has 2 N–H and O–H groups in total. The maximum absolute atomic E-state index is 12.2. The first-order valence-electron chi connectivity index (χ1n) is 6.84. The molecule has 3 rings (SSSR count). The smallest absolute Gasteiger partial charge is 0.298 e. The summed E-state index contributed by atoms with van der Waals surface area (Å²) in [7, 11) is 0. The summed E-state index contributed by atoms with van der Waals surface area (Å²) in [5.41, 5.74) is 7.01. The van der Waals surface area contributed by atoms with Crippen LogP contribution in [0.2, 0.25) is 0 Å². The number of hydrazine groups is 1. The molecule has 0 unspecified atom stereocenters. The average molecular weight is 293 g/mol. The van der Waals surface area contributed by atoms with Crippen molar-refractivity contribution < 1.29 is 0 Å². The normalized spacial score (nSPS) is 10.2. The fourth-order valence-corrected chi connectivity index (χ4v) is 2.09. The molecule has 0 aliphatic rings. The van der Waals surface area contributed by atoms with Crippen molar-refractivity contribution in [1.29, 1.82) is 0 Å². The molecule has 0 fully saturated rings. The second-order valence-electron chi connectivity index (χ2n) is 4.66. The highest BCUT2D eigenvalue weighted by atomic mass is 16.1. The molecule has 0 saturated carbocycles. The number of nitrogens with one attached hydrogen (secondary N) is 2. The van der Waals surface area contributed by atoms with Gasteiger partial charge in [0.2, 0.25) is 5.95 Å². The molecule has 0 spiro atoms. The molecule has 0 atom stereocenters. The molecule has 2 aromatic carbocycles. The van der Waals surface area contributed by atoms with Crippen molar-refractivity contribution in [1.82, 2.24) is 14.5 Å². The summed E-state index contributed by atoms with van der Waals surface area (Å²) >= 11 is 0. The van der Waals surface area contributed by atoms with E-state index in [4.69, 9.17) is 0 Å². The largest absolute Gasteiger partial charge is 0.356 e. The Kier molecular flexibility index (Phi) is 3.82. The zero-order chi connectivity index (χ0) is 15.4. The van der Waals surface area contributed by atoms with Crippen molar-refractivity contribution in [3.8, 4) is 5.69 Å². The van der Waals surface area contributed by atoms with E-state index in [-0.39, 0.29) is 11.6 Å². The SMILES string of the molecule is Cc1nc(NNc2ccccc2)nc(=O)n1-c1ccccc1. The molecule has 0 aliphatic heterocycles. The second kappa shape index (κ2) is 6.09. The molecule has 0 saturated heterocycles. The number of hydrogen-bond acceptors (Lipinski definition) is 5. The fraction of sp³-hybridized carbons (Fsp3) is 0.0625. The Labute approximate surface area is 127 Å². The Bertz CT molecular complexity index is 815. The molecule has 1 aromatic heterocycles. The van der Waals surface area contributed by atoms with E-state index < -0.39 is 0 Å². The van der Waals surface area contributed by atoms with E-state index in [9.17, 15) is 4.79 Å². The minimum atomic E-state index is -0.379. The van der Waals surface area contributed by atoms with E-state index in [1.807, 2.05) is 60.7 Å². The zero-order valence-electron chi connectivity index (χ0n) is 12.0. The quantitative estimate of drug-likeness (QED) is 0.723. The molecule has 6 nitrogen and oxygen atoms in total. The zero-order valence-corrected chi connectivity index (χ0v) is 12.0. The molecule has 0 bridgehead atoms. The number of para-hydroxylation sites is 2. The van der Waals surface area contributed by atoms with Gasteiger partial charge in [-0.25, -0.2) is 9.36 Å². The Morgan fingerprint density at radius 1 is 0.864 bits per heavy atom. The van der Waals surface area contributed by atoms with Crippen LogP contribution >= 0.6 is 0 Å². The highest BCUT2D eigenvalue weighted by molar-refractivity contribution is 5.47. The first-order chi connectivity index (χ1) is 10.7. The van der Waals surface area contributed by atoms with E-state index in [2.05, 4.69) is 20.8 Å². The second-order valence-corrected chi connectivity index (χ2v) is 4.66. The number of aromatic nitrogens is 3. The number of hydrogen-bond donors (Lipinski definition) is 2.